The lowest BCUT2D eigenvalue weighted by Gasteiger charge is -2.10. The number of aryl methyl sites for hydroxylation is 1. The van der Waals surface area contributed by atoms with Crippen molar-refractivity contribution in [1.29, 1.82) is 0 Å². The molecular formula is C38H44F2O. The van der Waals surface area contributed by atoms with Gasteiger partial charge in [-0.25, -0.2) is 4.39 Å². The Hall–Kier alpha value is -3.46. The SMILES string of the molecule is CCCCCCCCCCCCc1ccc(-c2ccc(-c3ccc(-c4ccc(OCC)c(F)c4F)cc3)cc2)cc1. The first-order chi connectivity index (χ1) is 20.1. The van der Waals surface area contributed by atoms with Crippen LogP contribution in [0.3, 0.4) is 0 Å². The van der Waals surface area contributed by atoms with Crippen molar-refractivity contribution in [3.05, 3.63) is 102 Å². The summed E-state index contributed by atoms with van der Waals surface area (Å²) in [5.74, 6) is -1.90. The summed E-state index contributed by atoms with van der Waals surface area (Å²) >= 11 is 0. The lowest BCUT2D eigenvalue weighted by atomic mass is 9.97. The molecule has 0 saturated carbocycles. The number of rotatable bonds is 16. The quantitative estimate of drug-likeness (QED) is 0.125. The highest BCUT2D eigenvalue weighted by Crippen LogP contribution is 2.32. The van der Waals surface area contributed by atoms with Crippen LogP contribution in [0.2, 0.25) is 0 Å². The van der Waals surface area contributed by atoms with Crippen LogP contribution in [0.25, 0.3) is 33.4 Å². The molecule has 0 aliphatic carbocycles. The zero-order chi connectivity index (χ0) is 28.9. The van der Waals surface area contributed by atoms with Crippen molar-refractivity contribution in [2.45, 2.75) is 84.5 Å². The van der Waals surface area contributed by atoms with E-state index in [0.29, 0.717) is 5.56 Å². The molecule has 0 spiro atoms. The molecule has 0 aliphatic rings. The van der Waals surface area contributed by atoms with E-state index in [2.05, 4.69) is 55.5 Å². The van der Waals surface area contributed by atoms with Gasteiger partial charge in [-0.05, 0) is 65.3 Å². The standard InChI is InChI=1S/C38H44F2O/c1-3-5-6-7-8-9-10-11-12-13-14-29-15-17-30(18-16-29)31-19-21-32(22-20-31)33-23-25-34(26-24-33)35-27-28-36(41-4-2)38(40)37(35)39/h15-28H,3-14H2,1-2H3. The molecule has 0 unspecified atom stereocenters. The van der Waals surface area contributed by atoms with Crippen molar-refractivity contribution in [2.24, 2.45) is 0 Å². The lowest BCUT2D eigenvalue weighted by molar-refractivity contribution is 0.314. The Morgan fingerprint density at radius 3 is 1.39 bits per heavy atom. The smallest absolute Gasteiger partial charge is 0.201 e. The van der Waals surface area contributed by atoms with Gasteiger partial charge in [0.05, 0.1) is 6.61 Å². The monoisotopic (exact) mass is 554 g/mol. The van der Waals surface area contributed by atoms with Crippen molar-refractivity contribution in [1.82, 2.24) is 0 Å². The van der Waals surface area contributed by atoms with Crippen molar-refractivity contribution < 1.29 is 13.5 Å². The van der Waals surface area contributed by atoms with Gasteiger partial charge in [0, 0.05) is 5.56 Å². The van der Waals surface area contributed by atoms with Crippen LogP contribution in [0, 0.1) is 11.6 Å². The van der Waals surface area contributed by atoms with E-state index in [1.807, 2.05) is 24.3 Å². The number of ether oxygens (including phenoxy) is 1. The van der Waals surface area contributed by atoms with Crippen LogP contribution in [-0.4, -0.2) is 6.61 Å². The maximum Gasteiger partial charge on any atom is 0.201 e. The first-order valence-corrected chi connectivity index (χ1v) is 15.5. The zero-order valence-corrected chi connectivity index (χ0v) is 24.7. The van der Waals surface area contributed by atoms with Gasteiger partial charge < -0.3 is 4.74 Å². The molecule has 0 heterocycles. The van der Waals surface area contributed by atoms with E-state index in [1.54, 1.807) is 13.0 Å². The Morgan fingerprint density at radius 1 is 0.463 bits per heavy atom. The van der Waals surface area contributed by atoms with E-state index in [9.17, 15) is 8.78 Å². The molecule has 0 amide bonds. The molecular weight excluding hydrogens is 510 g/mol. The summed E-state index contributed by atoms with van der Waals surface area (Å²) in [5, 5.41) is 0. The van der Waals surface area contributed by atoms with Gasteiger partial charge in [0.15, 0.2) is 11.6 Å². The van der Waals surface area contributed by atoms with Gasteiger partial charge in [0.2, 0.25) is 5.82 Å². The highest BCUT2D eigenvalue weighted by molar-refractivity contribution is 5.73. The topological polar surface area (TPSA) is 9.23 Å². The second-order valence-electron chi connectivity index (χ2n) is 11.0. The van der Waals surface area contributed by atoms with Gasteiger partial charge in [0.25, 0.3) is 0 Å². The normalized spacial score (nSPS) is 11.1. The fourth-order valence-corrected chi connectivity index (χ4v) is 5.40. The maximum atomic E-state index is 14.6. The Kier molecular flexibility index (Phi) is 12.0. The predicted octanol–water partition coefficient (Wildman–Crippen LogP) is 11.8. The Morgan fingerprint density at radius 2 is 0.902 bits per heavy atom. The van der Waals surface area contributed by atoms with Gasteiger partial charge in [-0.15, -0.1) is 0 Å². The van der Waals surface area contributed by atoms with Crippen molar-refractivity contribution in [2.75, 3.05) is 6.61 Å². The summed E-state index contributed by atoms with van der Waals surface area (Å²) in [7, 11) is 0. The van der Waals surface area contributed by atoms with E-state index >= 15 is 0 Å². The zero-order valence-electron chi connectivity index (χ0n) is 24.7. The van der Waals surface area contributed by atoms with E-state index in [-0.39, 0.29) is 17.9 Å². The summed E-state index contributed by atoms with van der Waals surface area (Å²) in [6.45, 7) is 4.30. The molecule has 0 radical (unpaired) electrons. The average Bonchev–Trinajstić information content (AvgIpc) is 3.01. The maximum absolute atomic E-state index is 14.6. The average molecular weight is 555 g/mol. The summed E-state index contributed by atoms with van der Waals surface area (Å²) in [4.78, 5) is 0. The van der Waals surface area contributed by atoms with Gasteiger partial charge >= 0.3 is 0 Å². The molecule has 0 aliphatic heterocycles. The largest absolute Gasteiger partial charge is 0.491 e. The molecule has 4 aromatic carbocycles. The van der Waals surface area contributed by atoms with Crippen LogP contribution in [0.15, 0.2) is 84.9 Å². The first-order valence-electron chi connectivity index (χ1n) is 15.5. The molecule has 0 saturated heterocycles. The predicted molar refractivity (Wildman–Crippen MR) is 169 cm³/mol. The number of halogens is 2. The van der Waals surface area contributed by atoms with Gasteiger partial charge in [0.1, 0.15) is 0 Å². The second-order valence-corrected chi connectivity index (χ2v) is 11.0. The Balaban J connectivity index is 1.27. The van der Waals surface area contributed by atoms with Gasteiger partial charge in [-0.3, -0.25) is 0 Å². The molecule has 0 N–H and O–H groups in total. The summed E-state index contributed by atoms with van der Waals surface area (Å²) in [5.41, 5.74) is 6.77. The number of benzene rings is 4. The minimum Gasteiger partial charge on any atom is -0.491 e. The molecule has 41 heavy (non-hydrogen) atoms. The van der Waals surface area contributed by atoms with Crippen LogP contribution in [-0.2, 0) is 6.42 Å². The molecule has 0 bridgehead atoms. The molecule has 216 valence electrons. The molecule has 1 nitrogen and oxygen atoms in total. The molecule has 3 heteroatoms. The number of hydrogen-bond acceptors (Lipinski definition) is 1. The third-order valence-corrected chi connectivity index (χ3v) is 7.87. The van der Waals surface area contributed by atoms with E-state index in [1.165, 1.54) is 87.0 Å². The van der Waals surface area contributed by atoms with Crippen LogP contribution in [0.4, 0.5) is 8.78 Å². The lowest BCUT2D eigenvalue weighted by Crippen LogP contribution is -1.98. The van der Waals surface area contributed by atoms with E-state index in [0.717, 1.165) is 17.5 Å². The minimum absolute atomic E-state index is 0.0609. The molecule has 4 rings (SSSR count). The number of unbranched alkanes of at least 4 members (excludes halogenated alkanes) is 9. The molecule has 4 aromatic rings. The summed E-state index contributed by atoms with van der Waals surface area (Å²) < 4.78 is 34.1. The van der Waals surface area contributed by atoms with Crippen molar-refractivity contribution in [3.63, 3.8) is 0 Å². The van der Waals surface area contributed by atoms with Crippen LogP contribution >= 0.6 is 0 Å². The van der Waals surface area contributed by atoms with Crippen LogP contribution < -0.4 is 4.74 Å². The highest BCUT2D eigenvalue weighted by Gasteiger charge is 2.15. The van der Waals surface area contributed by atoms with Gasteiger partial charge in [-0.2, -0.15) is 4.39 Å². The van der Waals surface area contributed by atoms with Crippen molar-refractivity contribution in [3.8, 4) is 39.1 Å². The highest BCUT2D eigenvalue weighted by atomic mass is 19.2. The molecule has 0 atom stereocenters. The van der Waals surface area contributed by atoms with E-state index < -0.39 is 11.6 Å². The second kappa shape index (κ2) is 16.1. The van der Waals surface area contributed by atoms with E-state index in [4.69, 9.17) is 4.74 Å². The van der Waals surface area contributed by atoms with Crippen molar-refractivity contribution >= 4 is 0 Å². The molecule has 0 fully saturated rings. The molecule has 0 aromatic heterocycles. The summed E-state index contributed by atoms with van der Waals surface area (Å²) in [6, 6.07) is 28.1. The Labute approximate surface area is 245 Å². The van der Waals surface area contributed by atoms with Crippen LogP contribution in [0.5, 0.6) is 5.75 Å². The fraction of sp³-hybridized carbons (Fsp3) is 0.368. The van der Waals surface area contributed by atoms with Gasteiger partial charge in [-0.1, -0.05) is 138 Å². The Bertz CT molecular complexity index is 1320. The number of hydrogen-bond donors (Lipinski definition) is 0. The fourth-order valence-electron chi connectivity index (χ4n) is 5.40. The van der Waals surface area contributed by atoms with Crippen LogP contribution in [0.1, 0.15) is 83.6 Å². The minimum atomic E-state index is -0.948. The summed E-state index contributed by atoms with van der Waals surface area (Å²) in [6.07, 6.45) is 14.8. The third kappa shape index (κ3) is 8.76. The third-order valence-electron chi connectivity index (χ3n) is 7.87. The first kappa shape index (κ1) is 30.5.